The first-order chi connectivity index (χ1) is 14.1. The highest BCUT2D eigenvalue weighted by molar-refractivity contribution is 5.84. The first kappa shape index (κ1) is 19.5. The van der Waals surface area contributed by atoms with Crippen molar-refractivity contribution in [2.45, 2.75) is 38.7 Å². The number of piperidine rings is 1. The van der Waals surface area contributed by atoms with Gasteiger partial charge in [0.15, 0.2) is 0 Å². The number of rotatable bonds is 5. The van der Waals surface area contributed by atoms with Crippen molar-refractivity contribution >= 4 is 11.8 Å². The third-order valence-corrected chi connectivity index (χ3v) is 6.09. The standard InChI is InChI=1S/C24H28N2O3/c1-2-18-9-6-7-12-20(18)29-22(19-10-4-3-5-11-19)23(28)26-14-8-13-24(17-26)15-21(27)25-16-24/h3-7,9-12,22H,2,8,13-17H2,1H3,(H,25,27)/t22-,24-/m0/s1. The molecule has 4 rings (SSSR count). The smallest absolute Gasteiger partial charge is 0.268 e. The molecular weight excluding hydrogens is 364 g/mol. The molecule has 5 heteroatoms. The number of nitrogens with zero attached hydrogens (tertiary/aromatic N) is 1. The molecule has 2 fully saturated rings. The monoisotopic (exact) mass is 392 g/mol. The van der Waals surface area contributed by atoms with E-state index in [0.29, 0.717) is 26.1 Å². The second-order valence-electron chi connectivity index (χ2n) is 8.19. The van der Waals surface area contributed by atoms with Crippen molar-refractivity contribution in [1.29, 1.82) is 0 Å². The van der Waals surface area contributed by atoms with Gasteiger partial charge in [0.25, 0.3) is 5.91 Å². The summed E-state index contributed by atoms with van der Waals surface area (Å²) in [6.45, 7) is 4.05. The van der Waals surface area contributed by atoms with E-state index in [1.54, 1.807) is 0 Å². The Bertz CT molecular complexity index is 883. The molecule has 0 unspecified atom stereocenters. The van der Waals surface area contributed by atoms with Crippen molar-refractivity contribution in [3.8, 4) is 5.75 Å². The zero-order valence-electron chi connectivity index (χ0n) is 16.9. The summed E-state index contributed by atoms with van der Waals surface area (Å²) in [5.74, 6) is 0.814. The summed E-state index contributed by atoms with van der Waals surface area (Å²) in [7, 11) is 0. The average molecular weight is 392 g/mol. The fraction of sp³-hybridized carbons (Fsp3) is 0.417. The van der Waals surface area contributed by atoms with Gasteiger partial charge in [-0.3, -0.25) is 9.59 Å². The second-order valence-corrected chi connectivity index (χ2v) is 8.19. The van der Waals surface area contributed by atoms with E-state index in [1.807, 2.05) is 59.5 Å². The Balaban J connectivity index is 1.61. The molecule has 2 aromatic carbocycles. The maximum Gasteiger partial charge on any atom is 0.268 e. The molecule has 5 nitrogen and oxygen atoms in total. The second kappa shape index (κ2) is 8.27. The van der Waals surface area contributed by atoms with Gasteiger partial charge in [-0.15, -0.1) is 0 Å². The highest BCUT2D eigenvalue weighted by Crippen LogP contribution is 2.37. The summed E-state index contributed by atoms with van der Waals surface area (Å²) in [5.41, 5.74) is 1.80. The van der Waals surface area contributed by atoms with E-state index >= 15 is 0 Å². The normalized spacial score (nSPS) is 22.4. The lowest BCUT2D eigenvalue weighted by molar-refractivity contribution is -0.142. The Hall–Kier alpha value is -2.82. The highest BCUT2D eigenvalue weighted by Gasteiger charge is 2.44. The van der Waals surface area contributed by atoms with Crippen molar-refractivity contribution in [3.05, 3.63) is 65.7 Å². The predicted octanol–water partition coefficient (Wildman–Crippen LogP) is 3.50. The average Bonchev–Trinajstić information content (AvgIpc) is 3.11. The first-order valence-corrected chi connectivity index (χ1v) is 10.5. The maximum absolute atomic E-state index is 13.6. The van der Waals surface area contributed by atoms with Crippen LogP contribution in [-0.2, 0) is 16.0 Å². The molecule has 1 spiro atoms. The van der Waals surface area contributed by atoms with E-state index < -0.39 is 6.10 Å². The summed E-state index contributed by atoms with van der Waals surface area (Å²) in [5, 5.41) is 2.95. The minimum atomic E-state index is -0.691. The van der Waals surface area contributed by atoms with Gasteiger partial charge in [-0.25, -0.2) is 0 Å². The molecule has 2 amide bonds. The van der Waals surface area contributed by atoms with Crippen LogP contribution < -0.4 is 10.1 Å². The number of benzene rings is 2. The molecule has 2 aliphatic heterocycles. The summed E-state index contributed by atoms with van der Waals surface area (Å²) < 4.78 is 6.34. The lowest BCUT2D eigenvalue weighted by Crippen LogP contribution is -2.49. The zero-order valence-corrected chi connectivity index (χ0v) is 16.9. The van der Waals surface area contributed by atoms with Gasteiger partial charge in [0.2, 0.25) is 12.0 Å². The van der Waals surface area contributed by atoms with Crippen LogP contribution in [0.2, 0.25) is 0 Å². The van der Waals surface area contributed by atoms with Crippen molar-refractivity contribution in [2.75, 3.05) is 19.6 Å². The van der Waals surface area contributed by atoms with Gasteiger partial charge in [-0.2, -0.15) is 0 Å². The molecule has 152 valence electrons. The number of nitrogens with one attached hydrogen (secondary N) is 1. The summed E-state index contributed by atoms with van der Waals surface area (Å²) >= 11 is 0. The maximum atomic E-state index is 13.6. The van der Waals surface area contributed by atoms with Crippen LogP contribution in [-0.4, -0.2) is 36.3 Å². The Morgan fingerprint density at radius 1 is 1.17 bits per heavy atom. The number of hydrogen-bond donors (Lipinski definition) is 1. The zero-order chi connectivity index (χ0) is 20.3. The van der Waals surface area contributed by atoms with Gasteiger partial charge in [-0.1, -0.05) is 55.5 Å². The number of hydrogen-bond acceptors (Lipinski definition) is 3. The fourth-order valence-electron chi connectivity index (χ4n) is 4.53. The molecule has 0 aromatic heterocycles. The van der Waals surface area contributed by atoms with Crippen LogP contribution in [0.15, 0.2) is 54.6 Å². The van der Waals surface area contributed by atoms with Crippen molar-refractivity contribution < 1.29 is 14.3 Å². The number of amides is 2. The van der Waals surface area contributed by atoms with Crippen LogP contribution in [0.1, 0.15) is 43.4 Å². The van der Waals surface area contributed by atoms with E-state index in [4.69, 9.17) is 4.74 Å². The fourth-order valence-corrected chi connectivity index (χ4v) is 4.53. The summed E-state index contributed by atoms with van der Waals surface area (Å²) in [4.78, 5) is 27.3. The molecule has 2 aromatic rings. The van der Waals surface area contributed by atoms with Gasteiger partial charge in [0.1, 0.15) is 5.75 Å². The van der Waals surface area contributed by atoms with E-state index in [2.05, 4.69) is 12.2 Å². The number of carbonyl (C=O) groups is 2. The number of para-hydroxylation sites is 1. The number of aryl methyl sites for hydroxylation is 1. The minimum absolute atomic E-state index is 0.0273. The SMILES string of the molecule is CCc1ccccc1O[C@H](C(=O)N1CCC[C@]2(CNC(=O)C2)C1)c1ccccc1. The van der Waals surface area contributed by atoms with Crippen LogP contribution in [0.5, 0.6) is 5.75 Å². The lowest BCUT2D eigenvalue weighted by atomic mass is 9.79. The molecule has 0 bridgehead atoms. The summed E-state index contributed by atoms with van der Waals surface area (Å²) in [6.07, 6.45) is 2.54. The molecule has 1 N–H and O–H groups in total. The van der Waals surface area contributed by atoms with Crippen LogP contribution in [0.4, 0.5) is 0 Å². The van der Waals surface area contributed by atoms with E-state index in [1.165, 1.54) is 0 Å². The van der Waals surface area contributed by atoms with Gasteiger partial charge in [-0.05, 0) is 30.9 Å². The van der Waals surface area contributed by atoms with E-state index in [0.717, 1.165) is 36.1 Å². The molecule has 2 aliphatic rings. The lowest BCUT2D eigenvalue weighted by Gasteiger charge is -2.40. The Kier molecular flexibility index (Phi) is 5.56. The molecule has 29 heavy (non-hydrogen) atoms. The van der Waals surface area contributed by atoms with Crippen LogP contribution in [0.3, 0.4) is 0 Å². The largest absolute Gasteiger partial charge is 0.476 e. The molecule has 0 aliphatic carbocycles. The Morgan fingerprint density at radius 3 is 2.66 bits per heavy atom. The molecule has 2 heterocycles. The molecular formula is C24H28N2O3. The van der Waals surface area contributed by atoms with Gasteiger partial charge < -0.3 is 15.0 Å². The Morgan fingerprint density at radius 2 is 1.93 bits per heavy atom. The van der Waals surface area contributed by atoms with Gasteiger partial charge in [0, 0.05) is 37.0 Å². The van der Waals surface area contributed by atoms with Crippen LogP contribution >= 0.6 is 0 Å². The number of carbonyl (C=O) groups excluding carboxylic acids is 2. The van der Waals surface area contributed by atoms with Crippen molar-refractivity contribution in [2.24, 2.45) is 5.41 Å². The van der Waals surface area contributed by atoms with E-state index in [-0.39, 0.29) is 17.2 Å². The molecule has 2 saturated heterocycles. The van der Waals surface area contributed by atoms with E-state index in [9.17, 15) is 9.59 Å². The van der Waals surface area contributed by atoms with Gasteiger partial charge in [0.05, 0.1) is 0 Å². The molecule has 0 saturated carbocycles. The van der Waals surface area contributed by atoms with Crippen molar-refractivity contribution in [1.82, 2.24) is 10.2 Å². The van der Waals surface area contributed by atoms with Gasteiger partial charge >= 0.3 is 0 Å². The van der Waals surface area contributed by atoms with Crippen LogP contribution in [0.25, 0.3) is 0 Å². The Labute approximate surface area is 172 Å². The predicted molar refractivity (Wildman–Crippen MR) is 112 cm³/mol. The highest BCUT2D eigenvalue weighted by atomic mass is 16.5. The third-order valence-electron chi connectivity index (χ3n) is 6.09. The molecule has 0 radical (unpaired) electrons. The third kappa shape index (κ3) is 4.14. The van der Waals surface area contributed by atoms with Crippen LogP contribution in [0, 0.1) is 5.41 Å². The quantitative estimate of drug-likeness (QED) is 0.847. The van der Waals surface area contributed by atoms with Crippen molar-refractivity contribution in [3.63, 3.8) is 0 Å². The first-order valence-electron chi connectivity index (χ1n) is 10.5. The topological polar surface area (TPSA) is 58.6 Å². The minimum Gasteiger partial charge on any atom is -0.476 e. The number of ether oxygens (including phenoxy) is 1. The molecule has 2 atom stereocenters. The summed E-state index contributed by atoms with van der Waals surface area (Å²) in [6, 6.07) is 17.6. The number of likely N-dealkylation sites (tertiary alicyclic amines) is 1.